The third-order valence-electron chi connectivity index (χ3n) is 4.92. The van der Waals surface area contributed by atoms with Crippen LogP contribution in [0, 0.1) is 0 Å². The Labute approximate surface area is 151 Å². The van der Waals surface area contributed by atoms with Gasteiger partial charge in [0.05, 0.1) is 16.9 Å². The Kier molecular flexibility index (Phi) is 5.30. The number of hydrogen-bond acceptors (Lipinski definition) is 3. The minimum atomic E-state index is -4.35. The lowest BCUT2D eigenvalue weighted by molar-refractivity contribution is -0.138. The zero-order valence-corrected chi connectivity index (χ0v) is 14.7. The summed E-state index contributed by atoms with van der Waals surface area (Å²) in [6, 6.07) is 9.74. The van der Waals surface area contributed by atoms with Crippen LogP contribution in [0.5, 0.6) is 5.75 Å². The predicted octanol–water partition coefficient (Wildman–Crippen LogP) is 5.57. The summed E-state index contributed by atoms with van der Waals surface area (Å²) in [5.74, 6) is 0.533. The van der Waals surface area contributed by atoms with E-state index in [-0.39, 0.29) is 12.5 Å². The molecule has 0 spiro atoms. The minimum absolute atomic E-state index is 0.00970. The Balaban J connectivity index is 1.79. The van der Waals surface area contributed by atoms with E-state index in [0.717, 1.165) is 31.4 Å². The van der Waals surface area contributed by atoms with Crippen LogP contribution in [-0.4, -0.2) is 7.05 Å². The van der Waals surface area contributed by atoms with E-state index in [9.17, 15) is 13.2 Å². The number of halogens is 3. The van der Waals surface area contributed by atoms with Crippen LogP contribution in [0.25, 0.3) is 0 Å². The van der Waals surface area contributed by atoms with Gasteiger partial charge in [-0.1, -0.05) is 25.0 Å². The topological polar surface area (TPSA) is 47.3 Å². The van der Waals surface area contributed by atoms with E-state index in [1.165, 1.54) is 6.07 Å². The molecule has 2 aromatic carbocycles. The molecule has 3 rings (SSSR count). The van der Waals surface area contributed by atoms with Gasteiger partial charge in [0.15, 0.2) is 0 Å². The second-order valence-corrected chi connectivity index (χ2v) is 6.69. The van der Waals surface area contributed by atoms with Gasteiger partial charge in [-0.25, -0.2) is 0 Å². The molecule has 0 heterocycles. The molecule has 3 N–H and O–H groups in total. The average molecular weight is 364 g/mol. The molecule has 0 amide bonds. The summed E-state index contributed by atoms with van der Waals surface area (Å²) in [6.45, 7) is 0.0619. The van der Waals surface area contributed by atoms with Crippen molar-refractivity contribution in [3.8, 4) is 5.75 Å². The highest BCUT2D eigenvalue weighted by molar-refractivity contribution is 5.67. The van der Waals surface area contributed by atoms with Crippen molar-refractivity contribution in [1.82, 2.24) is 0 Å². The molecule has 0 bridgehead atoms. The van der Waals surface area contributed by atoms with E-state index in [1.54, 1.807) is 37.4 Å². The summed E-state index contributed by atoms with van der Waals surface area (Å²) in [6.07, 6.45) is -0.702. The number of nitrogens with one attached hydrogen (secondary N) is 1. The Morgan fingerprint density at radius 3 is 2.46 bits per heavy atom. The number of hydrogen-bond donors (Lipinski definition) is 2. The van der Waals surface area contributed by atoms with Crippen molar-refractivity contribution in [3.05, 3.63) is 53.1 Å². The SMILES string of the molecule is CNc1ccc(OCc2ccc(C3CCCC3)c(C(F)(F)F)c2)cc1N. The van der Waals surface area contributed by atoms with Crippen molar-refractivity contribution >= 4 is 11.4 Å². The molecular formula is C20H23F3N2O. The van der Waals surface area contributed by atoms with E-state index >= 15 is 0 Å². The number of anilines is 2. The molecule has 1 aliphatic carbocycles. The monoisotopic (exact) mass is 364 g/mol. The normalized spacial score (nSPS) is 15.2. The molecule has 0 unspecified atom stereocenters. The fourth-order valence-corrected chi connectivity index (χ4v) is 3.56. The lowest BCUT2D eigenvalue weighted by atomic mass is 9.91. The summed E-state index contributed by atoms with van der Waals surface area (Å²) in [5.41, 5.74) is 7.56. The molecule has 0 aromatic heterocycles. The van der Waals surface area contributed by atoms with Crippen LogP contribution in [0.3, 0.4) is 0 Å². The summed E-state index contributed by atoms with van der Waals surface area (Å²) >= 11 is 0. The zero-order valence-electron chi connectivity index (χ0n) is 14.7. The number of benzene rings is 2. The molecular weight excluding hydrogens is 341 g/mol. The van der Waals surface area contributed by atoms with Gasteiger partial charge in [-0.3, -0.25) is 0 Å². The average Bonchev–Trinajstić information content (AvgIpc) is 3.13. The van der Waals surface area contributed by atoms with Gasteiger partial charge < -0.3 is 15.8 Å². The molecule has 26 heavy (non-hydrogen) atoms. The smallest absolute Gasteiger partial charge is 0.416 e. The highest BCUT2D eigenvalue weighted by Crippen LogP contribution is 2.42. The Hall–Kier alpha value is -2.37. The first-order chi connectivity index (χ1) is 12.4. The van der Waals surface area contributed by atoms with Gasteiger partial charge in [-0.05, 0) is 48.1 Å². The van der Waals surface area contributed by atoms with Gasteiger partial charge in [0, 0.05) is 13.1 Å². The molecule has 140 valence electrons. The largest absolute Gasteiger partial charge is 0.489 e. The second kappa shape index (κ2) is 7.48. The molecule has 0 saturated heterocycles. The Morgan fingerprint density at radius 1 is 1.12 bits per heavy atom. The highest BCUT2D eigenvalue weighted by Gasteiger charge is 2.36. The summed E-state index contributed by atoms with van der Waals surface area (Å²) < 4.78 is 46.2. The van der Waals surface area contributed by atoms with Crippen LogP contribution in [0.15, 0.2) is 36.4 Å². The van der Waals surface area contributed by atoms with Gasteiger partial charge in [0.2, 0.25) is 0 Å². The number of ether oxygens (including phenoxy) is 1. The first-order valence-corrected chi connectivity index (χ1v) is 8.78. The van der Waals surface area contributed by atoms with Crippen LogP contribution in [0.2, 0.25) is 0 Å². The van der Waals surface area contributed by atoms with Gasteiger partial charge in [0.1, 0.15) is 12.4 Å². The van der Waals surface area contributed by atoms with Crippen molar-refractivity contribution in [3.63, 3.8) is 0 Å². The van der Waals surface area contributed by atoms with Crippen LogP contribution >= 0.6 is 0 Å². The van der Waals surface area contributed by atoms with E-state index in [2.05, 4.69) is 5.32 Å². The fourth-order valence-electron chi connectivity index (χ4n) is 3.56. The van der Waals surface area contributed by atoms with Crippen LogP contribution in [-0.2, 0) is 12.8 Å². The first-order valence-electron chi connectivity index (χ1n) is 8.78. The van der Waals surface area contributed by atoms with Gasteiger partial charge >= 0.3 is 6.18 Å². The third-order valence-corrected chi connectivity index (χ3v) is 4.92. The number of rotatable bonds is 5. The van der Waals surface area contributed by atoms with Gasteiger partial charge in [-0.2, -0.15) is 13.2 Å². The van der Waals surface area contributed by atoms with Crippen molar-refractivity contribution < 1.29 is 17.9 Å². The predicted molar refractivity (Wildman–Crippen MR) is 97.4 cm³/mol. The van der Waals surface area contributed by atoms with Gasteiger partial charge in [-0.15, -0.1) is 0 Å². The molecule has 0 atom stereocenters. The third kappa shape index (κ3) is 4.06. The highest BCUT2D eigenvalue weighted by atomic mass is 19.4. The molecule has 0 aliphatic heterocycles. The van der Waals surface area contributed by atoms with E-state index < -0.39 is 11.7 Å². The van der Waals surface area contributed by atoms with Crippen molar-refractivity contribution in [2.24, 2.45) is 0 Å². The molecule has 0 radical (unpaired) electrons. The summed E-state index contributed by atoms with van der Waals surface area (Å²) in [5, 5.41) is 2.95. The molecule has 1 saturated carbocycles. The Bertz CT molecular complexity index is 768. The molecule has 3 nitrogen and oxygen atoms in total. The molecule has 2 aromatic rings. The van der Waals surface area contributed by atoms with E-state index in [4.69, 9.17) is 10.5 Å². The maximum absolute atomic E-state index is 13.5. The maximum atomic E-state index is 13.5. The number of nitrogen functional groups attached to an aromatic ring is 1. The zero-order chi connectivity index (χ0) is 18.7. The van der Waals surface area contributed by atoms with E-state index in [0.29, 0.717) is 22.6 Å². The molecule has 1 fully saturated rings. The van der Waals surface area contributed by atoms with Gasteiger partial charge in [0.25, 0.3) is 0 Å². The molecule has 6 heteroatoms. The quantitative estimate of drug-likeness (QED) is 0.682. The molecule has 1 aliphatic rings. The number of nitrogens with two attached hydrogens (primary N) is 1. The fraction of sp³-hybridized carbons (Fsp3) is 0.400. The van der Waals surface area contributed by atoms with Crippen LogP contribution in [0.1, 0.15) is 48.3 Å². The lowest BCUT2D eigenvalue weighted by Crippen LogP contribution is -2.12. The Morgan fingerprint density at radius 2 is 1.85 bits per heavy atom. The van der Waals surface area contributed by atoms with Crippen molar-refractivity contribution in [2.45, 2.75) is 44.4 Å². The summed E-state index contributed by atoms with van der Waals surface area (Å²) in [7, 11) is 1.76. The standard InChI is InChI=1S/C20H23F3N2O/c1-25-19-9-7-15(11-18(19)24)26-12-13-6-8-16(14-4-2-3-5-14)17(10-13)20(21,22)23/h6-11,14,25H,2-5,12,24H2,1H3. The van der Waals surface area contributed by atoms with Crippen LogP contribution < -0.4 is 15.8 Å². The maximum Gasteiger partial charge on any atom is 0.416 e. The lowest BCUT2D eigenvalue weighted by Gasteiger charge is -2.19. The van der Waals surface area contributed by atoms with Crippen molar-refractivity contribution in [1.29, 1.82) is 0 Å². The summed E-state index contributed by atoms with van der Waals surface area (Å²) in [4.78, 5) is 0. The van der Waals surface area contributed by atoms with E-state index in [1.807, 2.05) is 0 Å². The second-order valence-electron chi connectivity index (χ2n) is 6.69. The number of alkyl halides is 3. The first kappa shape index (κ1) is 18.4. The minimum Gasteiger partial charge on any atom is -0.489 e. The van der Waals surface area contributed by atoms with Crippen molar-refractivity contribution in [2.75, 3.05) is 18.1 Å². The van der Waals surface area contributed by atoms with Crippen LogP contribution in [0.4, 0.5) is 24.5 Å².